The third kappa shape index (κ3) is 3.49. The average Bonchev–Trinajstić information content (AvgIpc) is 2.37. The standard InChI is InChI=1S/C17H27NO2S/c1-13-8-9-16(15(11-13)17(3,4)5)21(19,20)18-10-6-7-14(2)12-18/h8-9,11,14H,6-7,10,12H2,1-5H3. The lowest BCUT2D eigenvalue weighted by Gasteiger charge is -2.32. The number of hydrogen-bond acceptors (Lipinski definition) is 2. The second-order valence-corrected chi connectivity index (χ2v) is 9.27. The first kappa shape index (κ1) is 16.5. The molecule has 0 radical (unpaired) electrons. The van der Waals surface area contributed by atoms with Gasteiger partial charge in [0.05, 0.1) is 4.90 Å². The van der Waals surface area contributed by atoms with Crippen LogP contribution in [-0.2, 0) is 15.4 Å². The van der Waals surface area contributed by atoms with Crippen LogP contribution >= 0.6 is 0 Å². The van der Waals surface area contributed by atoms with E-state index in [-0.39, 0.29) is 5.41 Å². The summed E-state index contributed by atoms with van der Waals surface area (Å²) in [6, 6.07) is 5.69. The molecule has 21 heavy (non-hydrogen) atoms. The molecular weight excluding hydrogens is 282 g/mol. The van der Waals surface area contributed by atoms with Crippen LogP contribution < -0.4 is 0 Å². The lowest BCUT2D eigenvalue weighted by atomic mass is 9.86. The minimum Gasteiger partial charge on any atom is -0.207 e. The molecule has 0 amide bonds. The zero-order valence-electron chi connectivity index (χ0n) is 13.8. The Bertz CT molecular complexity index is 614. The second-order valence-electron chi connectivity index (χ2n) is 7.36. The number of sulfonamides is 1. The Labute approximate surface area is 129 Å². The normalized spacial score (nSPS) is 21.5. The smallest absolute Gasteiger partial charge is 0.207 e. The van der Waals surface area contributed by atoms with Crippen molar-refractivity contribution in [3.8, 4) is 0 Å². The summed E-state index contributed by atoms with van der Waals surface area (Å²) in [6.07, 6.45) is 2.07. The quantitative estimate of drug-likeness (QED) is 0.835. The highest BCUT2D eigenvalue weighted by Gasteiger charge is 2.32. The molecule has 0 aromatic heterocycles. The molecule has 0 N–H and O–H groups in total. The van der Waals surface area contributed by atoms with Gasteiger partial charge in [-0.3, -0.25) is 0 Å². The Morgan fingerprint density at radius 2 is 1.90 bits per heavy atom. The van der Waals surface area contributed by atoms with Crippen LogP contribution in [-0.4, -0.2) is 25.8 Å². The van der Waals surface area contributed by atoms with Crippen LogP contribution in [0.4, 0.5) is 0 Å². The molecule has 1 aromatic rings. The molecule has 118 valence electrons. The van der Waals surface area contributed by atoms with Gasteiger partial charge in [0.2, 0.25) is 10.0 Å². The summed E-state index contributed by atoms with van der Waals surface area (Å²) in [5.74, 6) is 0.442. The molecule has 4 heteroatoms. The van der Waals surface area contributed by atoms with Crippen LogP contribution in [0.15, 0.2) is 23.1 Å². The van der Waals surface area contributed by atoms with Crippen LogP contribution in [0.1, 0.15) is 51.7 Å². The van der Waals surface area contributed by atoms with E-state index in [4.69, 9.17) is 0 Å². The Morgan fingerprint density at radius 3 is 2.48 bits per heavy atom. The molecule has 1 aliphatic heterocycles. The molecule has 1 saturated heterocycles. The van der Waals surface area contributed by atoms with Crippen LogP contribution in [0.25, 0.3) is 0 Å². The summed E-state index contributed by atoms with van der Waals surface area (Å²) < 4.78 is 27.7. The van der Waals surface area contributed by atoms with Gasteiger partial charge in [0, 0.05) is 13.1 Å². The third-order valence-electron chi connectivity index (χ3n) is 4.18. The van der Waals surface area contributed by atoms with E-state index in [0.29, 0.717) is 23.9 Å². The minimum atomic E-state index is -3.39. The Hall–Kier alpha value is -0.870. The molecule has 0 aliphatic carbocycles. The van der Waals surface area contributed by atoms with Crippen molar-refractivity contribution in [2.45, 2.75) is 57.8 Å². The molecule has 1 aliphatic rings. The van der Waals surface area contributed by atoms with Gasteiger partial charge in [0.15, 0.2) is 0 Å². The van der Waals surface area contributed by atoms with Gasteiger partial charge in [-0.25, -0.2) is 8.42 Å². The summed E-state index contributed by atoms with van der Waals surface area (Å²) in [5.41, 5.74) is 1.84. The zero-order chi connectivity index (χ0) is 15.8. The molecule has 1 unspecified atom stereocenters. The summed E-state index contributed by atoms with van der Waals surface area (Å²) in [4.78, 5) is 0.481. The van der Waals surface area contributed by atoms with Crippen molar-refractivity contribution in [1.82, 2.24) is 4.31 Å². The van der Waals surface area contributed by atoms with Crippen molar-refractivity contribution < 1.29 is 8.42 Å². The van der Waals surface area contributed by atoms with Gasteiger partial charge in [-0.2, -0.15) is 4.31 Å². The highest BCUT2D eigenvalue weighted by molar-refractivity contribution is 7.89. The fourth-order valence-corrected chi connectivity index (χ4v) is 4.94. The maximum atomic E-state index is 13.0. The van der Waals surface area contributed by atoms with Crippen molar-refractivity contribution in [3.05, 3.63) is 29.3 Å². The highest BCUT2D eigenvalue weighted by Crippen LogP contribution is 2.33. The Kier molecular flexibility index (Phi) is 4.50. The largest absolute Gasteiger partial charge is 0.243 e. The van der Waals surface area contributed by atoms with Crippen molar-refractivity contribution >= 4 is 10.0 Å². The summed E-state index contributed by atoms with van der Waals surface area (Å²) in [6.45, 7) is 11.6. The van der Waals surface area contributed by atoms with E-state index in [0.717, 1.165) is 24.0 Å². The van der Waals surface area contributed by atoms with Crippen LogP contribution in [0.3, 0.4) is 0 Å². The average molecular weight is 309 g/mol. The number of hydrogen-bond donors (Lipinski definition) is 0. The monoisotopic (exact) mass is 309 g/mol. The molecule has 0 saturated carbocycles. The highest BCUT2D eigenvalue weighted by atomic mass is 32.2. The lowest BCUT2D eigenvalue weighted by molar-refractivity contribution is 0.281. The van der Waals surface area contributed by atoms with Gasteiger partial charge in [-0.05, 0) is 42.7 Å². The van der Waals surface area contributed by atoms with Crippen LogP contribution in [0.2, 0.25) is 0 Å². The molecule has 1 aromatic carbocycles. The van der Waals surface area contributed by atoms with Crippen LogP contribution in [0.5, 0.6) is 0 Å². The van der Waals surface area contributed by atoms with Crippen molar-refractivity contribution in [2.75, 3.05) is 13.1 Å². The van der Waals surface area contributed by atoms with Crippen molar-refractivity contribution in [3.63, 3.8) is 0 Å². The maximum absolute atomic E-state index is 13.0. The topological polar surface area (TPSA) is 37.4 Å². The number of nitrogens with zero attached hydrogens (tertiary/aromatic N) is 1. The Morgan fingerprint density at radius 1 is 1.24 bits per heavy atom. The number of aryl methyl sites for hydroxylation is 1. The van der Waals surface area contributed by atoms with Crippen LogP contribution in [0, 0.1) is 12.8 Å². The molecule has 2 rings (SSSR count). The molecule has 0 bridgehead atoms. The SMILES string of the molecule is Cc1ccc(S(=O)(=O)N2CCCC(C)C2)c(C(C)(C)C)c1. The van der Waals surface area contributed by atoms with E-state index in [1.54, 1.807) is 10.4 Å². The van der Waals surface area contributed by atoms with Gasteiger partial charge in [0.1, 0.15) is 0 Å². The number of rotatable bonds is 2. The van der Waals surface area contributed by atoms with E-state index in [9.17, 15) is 8.42 Å². The fourth-order valence-electron chi connectivity index (χ4n) is 2.96. The first-order chi connectivity index (χ1) is 9.62. The van der Waals surface area contributed by atoms with E-state index in [1.165, 1.54) is 0 Å². The summed E-state index contributed by atoms with van der Waals surface area (Å²) in [5, 5.41) is 0. The first-order valence-electron chi connectivity index (χ1n) is 7.73. The van der Waals surface area contributed by atoms with Gasteiger partial charge in [0.25, 0.3) is 0 Å². The van der Waals surface area contributed by atoms with E-state index in [1.807, 2.05) is 19.1 Å². The first-order valence-corrected chi connectivity index (χ1v) is 9.17. The zero-order valence-corrected chi connectivity index (χ0v) is 14.6. The van der Waals surface area contributed by atoms with Gasteiger partial charge in [-0.1, -0.05) is 45.4 Å². The summed E-state index contributed by atoms with van der Waals surface area (Å²) in [7, 11) is -3.39. The van der Waals surface area contributed by atoms with Gasteiger partial charge < -0.3 is 0 Å². The number of piperidine rings is 1. The predicted molar refractivity (Wildman–Crippen MR) is 87.0 cm³/mol. The van der Waals surface area contributed by atoms with Gasteiger partial charge in [-0.15, -0.1) is 0 Å². The molecule has 3 nitrogen and oxygen atoms in total. The van der Waals surface area contributed by atoms with E-state index in [2.05, 4.69) is 27.7 Å². The molecular formula is C17H27NO2S. The number of benzene rings is 1. The van der Waals surface area contributed by atoms with Crippen molar-refractivity contribution in [2.24, 2.45) is 5.92 Å². The van der Waals surface area contributed by atoms with E-state index < -0.39 is 10.0 Å². The molecule has 1 heterocycles. The van der Waals surface area contributed by atoms with Gasteiger partial charge >= 0.3 is 0 Å². The minimum absolute atomic E-state index is 0.185. The van der Waals surface area contributed by atoms with Crippen molar-refractivity contribution in [1.29, 1.82) is 0 Å². The molecule has 1 atom stereocenters. The molecule has 0 spiro atoms. The molecule has 1 fully saturated rings. The second kappa shape index (κ2) is 5.73. The Balaban J connectivity index is 2.50. The predicted octanol–water partition coefficient (Wildman–Crippen LogP) is 3.71. The van der Waals surface area contributed by atoms with E-state index >= 15 is 0 Å². The summed E-state index contributed by atoms with van der Waals surface area (Å²) >= 11 is 0. The lowest BCUT2D eigenvalue weighted by Crippen LogP contribution is -2.39. The maximum Gasteiger partial charge on any atom is 0.243 e. The fraction of sp³-hybridized carbons (Fsp3) is 0.647. The third-order valence-corrected chi connectivity index (χ3v) is 6.10.